The number of benzene rings is 3. The quantitative estimate of drug-likeness (QED) is 0.530. The lowest BCUT2D eigenvalue weighted by Crippen LogP contribution is -2.69. The monoisotopic (exact) mass is 416 g/mol. The third-order valence-electron chi connectivity index (χ3n) is 5.57. The van der Waals surface area contributed by atoms with E-state index in [0.29, 0.717) is 6.54 Å². The van der Waals surface area contributed by atoms with Crippen LogP contribution in [0.5, 0.6) is 0 Å². The molecule has 1 aliphatic rings. The number of carbonyl (C=O) groups excluding carboxylic acids is 2. The molecule has 2 amide bonds. The molecule has 2 atom stereocenters. The summed E-state index contributed by atoms with van der Waals surface area (Å²) in [6.07, 6.45) is 0. The Kier molecular flexibility index (Phi) is 5.64. The average Bonchev–Trinajstić information content (AvgIpc) is 2.79. The van der Waals surface area contributed by atoms with Crippen LogP contribution in [0.25, 0.3) is 0 Å². The molecule has 4 rings (SSSR count). The van der Waals surface area contributed by atoms with Crippen molar-refractivity contribution in [1.29, 1.82) is 0 Å². The zero-order chi connectivity index (χ0) is 21.1. The Balaban J connectivity index is 1.62. The zero-order valence-electron chi connectivity index (χ0n) is 17.1. The van der Waals surface area contributed by atoms with Gasteiger partial charge in [-0.05, 0) is 41.9 Å². The van der Waals surface area contributed by atoms with Gasteiger partial charge in [-0.1, -0.05) is 78.9 Å². The predicted molar refractivity (Wildman–Crippen MR) is 122 cm³/mol. The third kappa shape index (κ3) is 3.50. The number of β-lactam (4-membered cyclic amide) rings is 1. The normalized spacial score (nSPS) is 20.5. The molecular formula is C25H24N2O2S. The van der Waals surface area contributed by atoms with Crippen molar-refractivity contribution in [3.63, 3.8) is 0 Å². The van der Waals surface area contributed by atoms with Crippen molar-refractivity contribution in [1.82, 2.24) is 4.90 Å². The molecule has 0 saturated carbocycles. The number of carbonyl (C=O) groups is 2. The molecule has 30 heavy (non-hydrogen) atoms. The largest absolute Gasteiger partial charge is 0.332 e. The Morgan fingerprint density at radius 1 is 0.933 bits per heavy atom. The van der Waals surface area contributed by atoms with Crippen molar-refractivity contribution in [2.45, 2.75) is 24.3 Å². The van der Waals surface area contributed by atoms with Gasteiger partial charge < -0.3 is 9.80 Å². The second-order valence-corrected chi connectivity index (χ2v) is 8.70. The van der Waals surface area contributed by atoms with E-state index in [-0.39, 0.29) is 17.2 Å². The van der Waals surface area contributed by atoms with Crippen LogP contribution < -0.4 is 4.90 Å². The summed E-state index contributed by atoms with van der Waals surface area (Å²) in [5, 5.41) is -0.115. The second-order valence-electron chi connectivity index (χ2n) is 7.50. The van der Waals surface area contributed by atoms with E-state index in [9.17, 15) is 9.59 Å². The number of thioether (sulfide) groups is 1. The van der Waals surface area contributed by atoms with E-state index < -0.39 is 4.75 Å². The van der Waals surface area contributed by atoms with Crippen LogP contribution in [0, 0.1) is 0 Å². The maximum Gasteiger partial charge on any atom is 0.283 e. The summed E-state index contributed by atoms with van der Waals surface area (Å²) in [5.41, 5.74) is 2.77. The van der Waals surface area contributed by atoms with Crippen LogP contribution in [-0.4, -0.2) is 29.1 Å². The summed E-state index contributed by atoms with van der Waals surface area (Å²) >= 11 is 1.12. The van der Waals surface area contributed by atoms with Crippen LogP contribution in [-0.2, 0) is 16.1 Å². The fourth-order valence-electron chi connectivity index (χ4n) is 3.95. The Bertz CT molecular complexity index is 1030. The standard InChI is InChI=1S/C25H24N2O2S/c1-19-25(21-14-8-4-9-15-21,23(28)27(19)22-16-10-5-11-17-22)30-24(29)26(2)18-20-12-6-3-7-13-20/h3-17,19H,18H2,1-2H3/t19-,25-/m0/s1. The topological polar surface area (TPSA) is 40.6 Å². The van der Waals surface area contributed by atoms with Crippen molar-refractivity contribution in [3.8, 4) is 0 Å². The van der Waals surface area contributed by atoms with Gasteiger partial charge in [-0.2, -0.15) is 0 Å². The lowest BCUT2D eigenvalue weighted by molar-refractivity contribution is -0.127. The van der Waals surface area contributed by atoms with Gasteiger partial charge in [-0.15, -0.1) is 0 Å². The highest BCUT2D eigenvalue weighted by atomic mass is 32.2. The van der Waals surface area contributed by atoms with Gasteiger partial charge >= 0.3 is 0 Å². The first-order chi connectivity index (χ1) is 14.5. The highest BCUT2D eigenvalue weighted by molar-refractivity contribution is 8.15. The van der Waals surface area contributed by atoms with Crippen molar-refractivity contribution in [2.24, 2.45) is 0 Å². The molecule has 0 aliphatic carbocycles. The maximum absolute atomic E-state index is 13.5. The van der Waals surface area contributed by atoms with E-state index in [4.69, 9.17) is 0 Å². The van der Waals surface area contributed by atoms with E-state index in [1.807, 2.05) is 97.9 Å². The van der Waals surface area contributed by atoms with Gasteiger partial charge in [0.15, 0.2) is 0 Å². The number of nitrogens with zero attached hydrogens (tertiary/aromatic N) is 2. The molecule has 0 spiro atoms. The minimum Gasteiger partial charge on any atom is -0.332 e. The summed E-state index contributed by atoms with van der Waals surface area (Å²) < 4.78 is -0.931. The lowest BCUT2D eigenvalue weighted by Gasteiger charge is -2.54. The van der Waals surface area contributed by atoms with Gasteiger partial charge in [0, 0.05) is 19.3 Å². The van der Waals surface area contributed by atoms with Crippen LogP contribution in [0.2, 0.25) is 0 Å². The summed E-state index contributed by atoms with van der Waals surface area (Å²) in [5.74, 6) is -0.0566. The van der Waals surface area contributed by atoms with E-state index in [2.05, 4.69) is 0 Å². The SMILES string of the molecule is C[C@@H]1N(c2ccccc2)C(=O)[C@@]1(SC(=O)N(C)Cc1ccccc1)c1ccccc1. The summed E-state index contributed by atoms with van der Waals surface area (Å²) in [6.45, 7) is 2.52. The van der Waals surface area contributed by atoms with Gasteiger partial charge in [0.2, 0.25) is 0 Å². The average molecular weight is 417 g/mol. The van der Waals surface area contributed by atoms with Gasteiger partial charge in [0.1, 0.15) is 4.75 Å². The molecule has 152 valence electrons. The fraction of sp³-hybridized carbons (Fsp3) is 0.200. The molecule has 3 aromatic rings. The smallest absolute Gasteiger partial charge is 0.283 e. The lowest BCUT2D eigenvalue weighted by atomic mass is 9.81. The molecule has 4 nitrogen and oxygen atoms in total. The van der Waals surface area contributed by atoms with Crippen LogP contribution in [0.4, 0.5) is 10.5 Å². The number of amides is 2. The van der Waals surface area contributed by atoms with E-state index in [0.717, 1.165) is 28.6 Å². The predicted octanol–water partition coefficient (Wildman–Crippen LogP) is 5.30. The minimum atomic E-state index is -0.931. The Labute approximate surface area is 181 Å². The molecule has 1 saturated heterocycles. The molecule has 3 aromatic carbocycles. The number of rotatable bonds is 5. The number of anilines is 1. The molecule has 0 radical (unpaired) electrons. The van der Waals surface area contributed by atoms with Crippen LogP contribution in [0.1, 0.15) is 18.1 Å². The molecule has 0 aromatic heterocycles. The van der Waals surface area contributed by atoms with Gasteiger partial charge in [-0.3, -0.25) is 9.59 Å². The molecule has 0 unspecified atom stereocenters. The number of para-hydroxylation sites is 1. The van der Waals surface area contributed by atoms with Gasteiger partial charge in [0.25, 0.3) is 11.1 Å². The van der Waals surface area contributed by atoms with Gasteiger partial charge in [0.05, 0.1) is 6.04 Å². The highest BCUT2D eigenvalue weighted by Gasteiger charge is 2.62. The van der Waals surface area contributed by atoms with E-state index >= 15 is 0 Å². The van der Waals surface area contributed by atoms with Crippen LogP contribution in [0.15, 0.2) is 91.0 Å². The summed E-state index contributed by atoms with van der Waals surface area (Å²) in [6, 6.07) is 29.0. The Morgan fingerprint density at radius 2 is 1.47 bits per heavy atom. The van der Waals surface area contributed by atoms with Crippen molar-refractivity contribution >= 4 is 28.6 Å². The van der Waals surface area contributed by atoms with E-state index in [1.165, 1.54) is 0 Å². The summed E-state index contributed by atoms with van der Waals surface area (Å²) in [7, 11) is 1.78. The molecular weight excluding hydrogens is 392 g/mol. The first-order valence-electron chi connectivity index (χ1n) is 9.96. The molecule has 1 heterocycles. The minimum absolute atomic E-state index is 0.0566. The second kappa shape index (κ2) is 8.36. The zero-order valence-corrected chi connectivity index (χ0v) is 17.9. The number of hydrogen-bond acceptors (Lipinski definition) is 3. The van der Waals surface area contributed by atoms with Crippen molar-refractivity contribution in [3.05, 3.63) is 102 Å². The fourth-order valence-corrected chi connectivity index (χ4v) is 5.17. The highest BCUT2D eigenvalue weighted by Crippen LogP contribution is 2.52. The first-order valence-corrected chi connectivity index (χ1v) is 10.8. The van der Waals surface area contributed by atoms with Gasteiger partial charge in [-0.25, -0.2) is 0 Å². The molecule has 0 N–H and O–H groups in total. The number of hydrogen-bond donors (Lipinski definition) is 0. The van der Waals surface area contributed by atoms with Crippen LogP contribution in [0.3, 0.4) is 0 Å². The molecule has 5 heteroatoms. The molecule has 0 bridgehead atoms. The first kappa shape index (κ1) is 20.2. The Morgan fingerprint density at radius 3 is 2.03 bits per heavy atom. The Hall–Kier alpha value is -3.05. The third-order valence-corrected chi connectivity index (χ3v) is 7.13. The molecule has 1 fully saturated rings. The molecule has 1 aliphatic heterocycles. The maximum atomic E-state index is 13.5. The summed E-state index contributed by atoms with van der Waals surface area (Å²) in [4.78, 5) is 30.2. The van der Waals surface area contributed by atoms with E-state index in [1.54, 1.807) is 16.8 Å². The van der Waals surface area contributed by atoms with Crippen LogP contribution >= 0.6 is 11.8 Å². The van der Waals surface area contributed by atoms with Crippen molar-refractivity contribution < 1.29 is 9.59 Å². The van der Waals surface area contributed by atoms with Crippen molar-refractivity contribution in [2.75, 3.05) is 11.9 Å².